The first-order valence-corrected chi connectivity index (χ1v) is 4.34. The first kappa shape index (κ1) is 10.2. The van der Waals surface area contributed by atoms with E-state index in [4.69, 9.17) is 4.74 Å². The molecular formula is C9H15NO3. The van der Waals surface area contributed by atoms with Crippen LogP contribution in [0.1, 0.15) is 26.7 Å². The molecule has 0 spiro atoms. The summed E-state index contributed by atoms with van der Waals surface area (Å²) >= 11 is 0. The van der Waals surface area contributed by atoms with Gasteiger partial charge < -0.3 is 4.74 Å². The van der Waals surface area contributed by atoms with Gasteiger partial charge in [-0.05, 0) is 13.8 Å². The molecule has 1 saturated heterocycles. The van der Waals surface area contributed by atoms with Crippen LogP contribution in [0.2, 0.25) is 0 Å². The van der Waals surface area contributed by atoms with Crippen molar-refractivity contribution in [1.29, 1.82) is 0 Å². The number of imide groups is 1. The molecule has 0 radical (unpaired) electrons. The third-order valence-corrected chi connectivity index (χ3v) is 2.15. The molecule has 4 heteroatoms. The second kappa shape index (κ2) is 3.46. The molecule has 74 valence electrons. The van der Waals surface area contributed by atoms with Crippen molar-refractivity contribution in [2.45, 2.75) is 32.2 Å². The molecule has 0 saturated carbocycles. The molecule has 1 fully saturated rings. The number of likely N-dealkylation sites (tertiary alicyclic amines) is 1. The Hall–Kier alpha value is -0.900. The van der Waals surface area contributed by atoms with Gasteiger partial charge in [-0.1, -0.05) is 0 Å². The molecule has 0 aromatic heterocycles. The Morgan fingerprint density at radius 1 is 1.31 bits per heavy atom. The standard InChI is InChI=1S/C9H15NO3/c1-9(2,6-13-3)10-7(11)4-5-8(10)12/h4-6H2,1-3H3. The summed E-state index contributed by atoms with van der Waals surface area (Å²) in [6.45, 7) is 4.04. The van der Waals surface area contributed by atoms with Gasteiger partial charge in [-0.15, -0.1) is 0 Å². The second-order valence-electron chi connectivity index (χ2n) is 3.87. The maximum Gasteiger partial charge on any atom is 0.230 e. The Bertz CT molecular complexity index is 219. The normalized spacial score (nSPS) is 18.5. The van der Waals surface area contributed by atoms with Gasteiger partial charge in [-0.3, -0.25) is 14.5 Å². The van der Waals surface area contributed by atoms with Gasteiger partial charge in [0.1, 0.15) is 0 Å². The number of carbonyl (C=O) groups excluding carboxylic acids is 2. The molecule has 0 aromatic rings. The third kappa shape index (κ3) is 1.88. The van der Waals surface area contributed by atoms with E-state index >= 15 is 0 Å². The predicted molar refractivity (Wildman–Crippen MR) is 47.0 cm³/mol. The molecular weight excluding hydrogens is 170 g/mol. The zero-order valence-corrected chi connectivity index (χ0v) is 8.29. The third-order valence-electron chi connectivity index (χ3n) is 2.15. The number of carbonyl (C=O) groups is 2. The van der Waals surface area contributed by atoms with Crippen molar-refractivity contribution in [3.63, 3.8) is 0 Å². The molecule has 0 aliphatic carbocycles. The summed E-state index contributed by atoms with van der Waals surface area (Å²) in [5.41, 5.74) is -0.514. The SMILES string of the molecule is COCC(C)(C)N1C(=O)CCC1=O. The smallest absolute Gasteiger partial charge is 0.230 e. The minimum absolute atomic E-state index is 0.0907. The van der Waals surface area contributed by atoms with Gasteiger partial charge in [0.05, 0.1) is 12.1 Å². The molecule has 0 aromatic carbocycles. The number of rotatable bonds is 3. The van der Waals surface area contributed by atoms with Gasteiger partial charge in [0.2, 0.25) is 11.8 Å². The van der Waals surface area contributed by atoms with Crippen molar-refractivity contribution in [1.82, 2.24) is 4.90 Å². The molecule has 4 nitrogen and oxygen atoms in total. The quantitative estimate of drug-likeness (QED) is 0.603. The van der Waals surface area contributed by atoms with E-state index in [1.54, 1.807) is 7.11 Å². The molecule has 0 N–H and O–H groups in total. The van der Waals surface area contributed by atoms with Crippen LogP contribution in [0, 0.1) is 0 Å². The highest BCUT2D eigenvalue weighted by molar-refractivity contribution is 6.02. The van der Waals surface area contributed by atoms with Crippen molar-refractivity contribution in [3.8, 4) is 0 Å². The maximum absolute atomic E-state index is 11.4. The number of hydrogen-bond acceptors (Lipinski definition) is 3. The predicted octanol–water partition coefficient (Wildman–Crippen LogP) is 0.560. The van der Waals surface area contributed by atoms with Crippen LogP contribution in [-0.4, -0.2) is 36.0 Å². The van der Waals surface area contributed by atoms with Gasteiger partial charge in [0.15, 0.2) is 0 Å². The highest BCUT2D eigenvalue weighted by Crippen LogP contribution is 2.23. The van der Waals surface area contributed by atoms with Crippen LogP contribution in [0.5, 0.6) is 0 Å². The minimum Gasteiger partial charge on any atom is -0.382 e. The Balaban J connectivity index is 2.79. The van der Waals surface area contributed by atoms with Gasteiger partial charge in [-0.25, -0.2) is 0 Å². The van der Waals surface area contributed by atoms with Crippen LogP contribution >= 0.6 is 0 Å². The lowest BCUT2D eigenvalue weighted by Crippen LogP contribution is -2.50. The summed E-state index contributed by atoms with van der Waals surface area (Å²) in [6.07, 6.45) is 0.679. The maximum atomic E-state index is 11.4. The number of amides is 2. The van der Waals surface area contributed by atoms with E-state index < -0.39 is 5.54 Å². The summed E-state index contributed by atoms with van der Waals surface area (Å²) < 4.78 is 4.97. The first-order valence-electron chi connectivity index (χ1n) is 4.34. The van der Waals surface area contributed by atoms with E-state index in [1.165, 1.54) is 4.90 Å². The van der Waals surface area contributed by atoms with Crippen LogP contribution in [0.4, 0.5) is 0 Å². The summed E-state index contributed by atoms with van der Waals surface area (Å²) in [5, 5.41) is 0. The zero-order valence-electron chi connectivity index (χ0n) is 8.29. The number of ether oxygens (including phenoxy) is 1. The lowest BCUT2D eigenvalue weighted by molar-refractivity contribution is -0.146. The van der Waals surface area contributed by atoms with E-state index in [0.717, 1.165) is 0 Å². The highest BCUT2D eigenvalue weighted by Gasteiger charge is 2.39. The number of methoxy groups -OCH3 is 1. The fourth-order valence-electron chi connectivity index (χ4n) is 1.67. The van der Waals surface area contributed by atoms with Crippen molar-refractivity contribution >= 4 is 11.8 Å². The Kier molecular flexibility index (Phi) is 2.71. The van der Waals surface area contributed by atoms with E-state index in [-0.39, 0.29) is 11.8 Å². The topological polar surface area (TPSA) is 46.6 Å². The summed E-state index contributed by atoms with van der Waals surface area (Å²) in [5.74, 6) is -0.181. The summed E-state index contributed by atoms with van der Waals surface area (Å²) in [6, 6.07) is 0. The van der Waals surface area contributed by atoms with Crippen molar-refractivity contribution in [2.75, 3.05) is 13.7 Å². The van der Waals surface area contributed by atoms with Crippen molar-refractivity contribution < 1.29 is 14.3 Å². The first-order chi connectivity index (χ1) is 5.99. The van der Waals surface area contributed by atoms with Gasteiger partial charge in [0, 0.05) is 20.0 Å². The van der Waals surface area contributed by atoms with Crippen LogP contribution in [-0.2, 0) is 14.3 Å². The fraction of sp³-hybridized carbons (Fsp3) is 0.778. The number of hydrogen-bond donors (Lipinski definition) is 0. The molecule has 1 rings (SSSR count). The lowest BCUT2D eigenvalue weighted by atomic mass is 10.1. The summed E-state index contributed by atoms with van der Waals surface area (Å²) in [4.78, 5) is 24.0. The minimum atomic E-state index is -0.514. The second-order valence-corrected chi connectivity index (χ2v) is 3.87. The Morgan fingerprint density at radius 2 is 1.77 bits per heavy atom. The largest absolute Gasteiger partial charge is 0.382 e. The van der Waals surface area contributed by atoms with E-state index in [1.807, 2.05) is 13.8 Å². The van der Waals surface area contributed by atoms with Crippen LogP contribution < -0.4 is 0 Å². The monoisotopic (exact) mass is 185 g/mol. The van der Waals surface area contributed by atoms with Gasteiger partial charge in [-0.2, -0.15) is 0 Å². The molecule has 0 bridgehead atoms. The molecule has 2 amide bonds. The zero-order chi connectivity index (χ0) is 10.1. The highest BCUT2D eigenvalue weighted by atomic mass is 16.5. The van der Waals surface area contributed by atoms with Crippen LogP contribution in [0.15, 0.2) is 0 Å². The molecule has 1 heterocycles. The molecule has 13 heavy (non-hydrogen) atoms. The molecule has 1 aliphatic rings. The van der Waals surface area contributed by atoms with Gasteiger partial charge in [0.25, 0.3) is 0 Å². The van der Waals surface area contributed by atoms with E-state index in [0.29, 0.717) is 19.4 Å². The average molecular weight is 185 g/mol. The molecule has 0 atom stereocenters. The fourth-order valence-corrected chi connectivity index (χ4v) is 1.67. The summed E-state index contributed by atoms with van der Waals surface area (Å²) in [7, 11) is 1.56. The van der Waals surface area contributed by atoms with Gasteiger partial charge >= 0.3 is 0 Å². The van der Waals surface area contributed by atoms with Crippen molar-refractivity contribution in [3.05, 3.63) is 0 Å². The van der Waals surface area contributed by atoms with E-state index in [2.05, 4.69) is 0 Å². The molecule has 0 unspecified atom stereocenters. The average Bonchev–Trinajstić information content (AvgIpc) is 2.31. The lowest BCUT2D eigenvalue weighted by Gasteiger charge is -2.32. The Morgan fingerprint density at radius 3 is 2.15 bits per heavy atom. The Labute approximate surface area is 77.8 Å². The van der Waals surface area contributed by atoms with E-state index in [9.17, 15) is 9.59 Å². The van der Waals surface area contributed by atoms with Crippen molar-refractivity contribution in [2.24, 2.45) is 0 Å². The van der Waals surface area contributed by atoms with Crippen LogP contribution in [0.3, 0.4) is 0 Å². The van der Waals surface area contributed by atoms with Crippen LogP contribution in [0.25, 0.3) is 0 Å². The molecule has 1 aliphatic heterocycles. The number of nitrogens with zero attached hydrogens (tertiary/aromatic N) is 1.